The predicted octanol–water partition coefficient (Wildman–Crippen LogP) is 1.12. The lowest BCUT2D eigenvalue weighted by molar-refractivity contribution is 0.359. The van der Waals surface area contributed by atoms with Gasteiger partial charge in [0.15, 0.2) is 0 Å². The summed E-state index contributed by atoms with van der Waals surface area (Å²) >= 11 is 5.36. The Hall–Kier alpha value is -0.770. The molecule has 0 amide bonds. The van der Waals surface area contributed by atoms with E-state index in [4.69, 9.17) is 18.2 Å². The summed E-state index contributed by atoms with van der Waals surface area (Å²) in [5, 5.41) is 0. The van der Waals surface area contributed by atoms with Crippen LogP contribution in [0.15, 0.2) is 11.5 Å². The molecule has 17 heavy (non-hydrogen) atoms. The topological polar surface area (TPSA) is 58.2 Å². The van der Waals surface area contributed by atoms with Crippen LogP contribution in [0.1, 0.15) is 12.8 Å². The van der Waals surface area contributed by atoms with Crippen molar-refractivity contribution < 1.29 is 12.8 Å². The van der Waals surface area contributed by atoms with E-state index in [1.165, 1.54) is 0 Å². The Kier molecular flexibility index (Phi) is 4.80. The van der Waals surface area contributed by atoms with E-state index in [9.17, 15) is 12.8 Å². The Morgan fingerprint density at radius 1 is 1.65 bits per heavy atom. The molecule has 0 aromatic rings. The molecule has 0 bridgehead atoms. The predicted molar refractivity (Wildman–Crippen MR) is 65.0 cm³/mol. The zero-order valence-electron chi connectivity index (χ0n) is 9.33. The van der Waals surface area contributed by atoms with Crippen molar-refractivity contribution in [3.63, 3.8) is 0 Å². The first-order valence-electron chi connectivity index (χ1n) is 5.03. The average molecular weight is 281 g/mol. The van der Waals surface area contributed by atoms with Crippen LogP contribution in [-0.2, 0) is 10.0 Å². The van der Waals surface area contributed by atoms with Gasteiger partial charge in [-0.05, 0) is 24.1 Å². The van der Waals surface area contributed by atoms with Crippen molar-refractivity contribution in [3.05, 3.63) is 11.5 Å². The third-order valence-corrected chi connectivity index (χ3v) is 3.29. The fourth-order valence-corrected chi connectivity index (χ4v) is 2.70. The first-order chi connectivity index (χ1) is 7.87. The first-order valence-corrected chi connectivity index (χ1v) is 7.30. The highest BCUT2D eigenvalue weighted by molar-refractivity contribution is 7.88. The Bertz CT molecular complexity index is 455. The fourth-order valence-electron chi connectivity index (χ4n) is 1.83. The molecule has 7 heteroatoms. The number of rotatable bonds is 4. The lowest BCUT2D eigenvalue weighted by Gasteiger charge is -2.27. The molecular formula is C10H14ClFN2O2S. The van der Waals surface area contributed by atoms with Crippen LogP contribution in [0, 0.1) is 24.2 Å². The normalized spacial score (nSPS) is 25.5. The number of sulfonamides is 1. The maximum Gasteiger partial charge on any atom is 0.229 e. The maximum absolute atomic E-state index is 13.8. The molecule has 2 unspecified atom stereocenters. The van der Waals surface area contributed by atoms with Crippen molar-refractivity contribution in [2.45, 2.75) is 12.8 Å². The van der Waals surface area contributed by atoms with E-state index in [0.29, 0.717) is 13.0 Å². The smallest absolute Gasteiger partial charge is 0.229 e. The van der Waals surface area contributed by atoms with Crippen LogP contribution in [0.4, 0.5) is 4.39 Å². The van der Waals surface area contributed by atoms with Crippen LogP contribution < -0.4 is 9.56 Å². The van der Waals surface area contributed by atoms with Gasteiger partial charge in [0.05, 0.1) is 17.9 Å². The Labute approximate surface area is 106 Å². The number of allylic oxidation sites excluding steroid dienone is 2. The standard InChI is InChI=1S/C10H14ClFN2O2S/c1-3-8-4-7(6-13-11)5-9(12)10(8)14-17(2,15)16/h1,7-8,13-14H,4-6H2,2H3. The molecule has 0 saturated carbocycles. The third-order valence-electron chi connectivity index (χ3n) is 2.54. The minimum atomic E-state index is -3.51. The van der Waals surface area contributed by atoms with Gasteiger partial charge in [-0.2, -0.15) is 0 Å². The quantitative estimate of drug-likeness (QED) is 0.599. The zero-order chi connectivity index (χ0) is 13.1. The second kappa shape index (κ2) is 5.71. The molecule has 96 valence electrons. The molecular weight excluding hydrogens is 267 g/mol. The third kappa shape index (κ3) is 4.19. The Balaban J connectivity index is 2.93. The largest absolute Gasteiger partial charge is 0.284 e. The number of terminal acetylenes is 1. The molecule has 0 saturated heterocycles. The van der Waals surface area contributed by atoms with Crippen LogP contribution in [0.2, 0.25) is 0 Å². The van der Waals surface area contributed by atoms with Gasteiger partial charge >= 0.3 is 0 Å². The number of halogens is 2. The van der Waals surface area contributed by atoms with E-state index < -0.39 is 21.8 Å². The molecule has 0 aromatic carbocycles. The molecule has 2 N–H and O–H groups in total. The van der Waals surface area contributed by atoms with Crippen LogP contribution in [0.5, 0.6) is 0 Å². The molecule has 1 aliphatic carbocycles. The van der Waals surface area contributed by atoms with Gasteiger partial charge in [-0.1, -0.05) is 5.92 Å². The van der Waals surface area contributed by atoms with Crippen molar-refractivity contribution in [3.8, 4) is 12.3 Å². The Morgan fingerprint density at radius 2 is 2.29 bits per heavy atom. The van der Waals surface area contributed by atoms with Crippen molar-refractivity contribution in [2.24, 2.45) is 11.8 Å². The molecule has 0 aromatic heterocycles. The molecule has 0 spiro atoms. The molecule has 2 atom stereocenters. The highest BCUT2D eigenvalue weighted by atomic mass is 35.5. The van der Waals surface area contributed by atoms with Gasteiger partial charge in [0, 0.05) is 13.0 Å². The monoisotopic (exact) mass is 280 g/mol. The van der Waals surface area contributed by atoms with E-state index in [1.807, 2.05) is 0 Å². The summed E-state index contributed by atoms with van der Waals surface area (Å²) in [5.41, 5.74) is -0.0131. The second-order valence-corrected chi connectivity index (χ2v) is 6.07. The van der Waals surface area contributed by atoms with Gasteiger partial charge < -0.3 is 0 Å². The van der Waals surface area contributed by atoms with Crippen molar-refractivity contribution in [1.82, 2.24) is 9.56 Å². The first kappa shape index (κ1) is 14.3. The highest BCUT2D eigenvalue weighted by Crippen LogP contribution is 2.33. The van der Waals surface area contributed by atoms with E-state index in [2.05, 4.69) is 15.5 Å². The SMILES string of the molecule is C#CC1CC(CNCl)CC(F)=C1NS(C)(=O)=O. The summed E-state index contributed by atoms with van der Waals surface area (Å²) in [6.45, 7) is 0.430. The minimum absolute atomic E-state index is 0.0131. The van der Waals surface area contributed by atoms with Gasteiger partial charge in [0.25, 0.3) is 0 Å². The van der Waals surface area contributed by atoms with Crippen LogP contribution in [0.25, 0.3) is 0 Å². The lowest BCUT2D eigenvalue weighted by atomic mass is 9.84. The summed E-state index contributed by atoms with van der Waals surface area (Å²) in [5.74, 6) is 1.30. The van der Waals surface area contributed by atoms with Gasteiger partial charge in [-0.15, -0.1) is 6.42 Å². The fraction of sp³-hybridized carbons (Fsp3) is 0.600. The molecule has 0 radical (unpaired) electrons. The van der Waals surface area contributed by atoms with Crippen LogP contribution in [0.3, 0.4) is 0 Å². The van der Waals surface area contributed by atoms with Crippen LogP contribution >= 0.6 is 11.8 Å². The van der Waals surface area contributed by atoms with Gasteiger partial charge in [-0.25, -0.2) is 17.6 Å². The molecule has 4 nitrogen and oxygen atoms in total. The molecule has 0 fully saturated rings. The average Bonchev–Trinajstić information content (AvgIpc) is 2.20. The van der Waals surface area contributed by atoms with Crippen LogP contribution in [-0.4, -0.2) is 21.2 Å². The summed E-state index contributed by atoms with van der Waals surface area (Å²) in [6, 6.07) is 0. The zero-order valence-corrected chi connectivity index (χ0v) is 10.9. The van der Waals surface area contributed by atoms with Crippen molar-refractivity contribution in [2.75, 3.05) is 12.8 Å². The summed E-state index contributed by atoms with van der Waals surface area (Å²) in [6.07, 6.45) is 6.90. The van der Waals surface area contributed by atoms with Crippen molar-refractivity contribution >= 4 is 21.8 Å². The summed E-state index contributed by atoms with van der Waals surface area (Å²) in [7, 11) is -3.51. The molecule has 0 aliphatic heterocycles. The van der Waals surface area contributed by atoms with Gasteiger partial charge in [-0.3, -0.25) is 4.72 Å². The molecule has 1 rings (SSSR count). The second-order valence-electron chi connectivity index (χ2n) is 4.06. The summed E-state index contributed by atoms with van der Waals surface area (Å²) in [4.78, 5) is 2.44. The number of hydrogen-bond donors (Lipinski definition) is 2. The Morgan fingerprint density at radius 3 is 2.76 bits per heavy atom. The van der Waals surface area contributed by atoms with E-state index >= 15 is 0 Å². The highest BCUT2D eigenvalue weighted by Gasteiger charge is 2.29. The van der Waals surface area contributed by atoms with E-state index in [0.717, 1.165) is 6.26 Å². The van der Waals surface area contributed by atoms with Crippen molar-refractivity contribution in [1.29, 1.82) is 0 Å². The van der Waals surface area contributed by atoms with Gasteiger partial charge in [0.2, 0.25) is 10.0 Å². The summed E-state index contributed by atoms with van der Waals surface area (Å²) < 4.78 is 38.1. The molecule has 0 heterocycles. The van der Waals surface area contributed by atoms with Gasteiger partial charge in [0.1, 0.15) is 5.83 Å². The number of hydrogen-bond acceptors (Lipinski definition) is 3. The maximum atomic E-state index is 13.8. The molecule has 1 aliphatic rings. The lowest BCUT2D eigenvalue weighted by Crippen LogP contribution is -2.32. The van der Waals surface area contributed by atoms with E-state index in [1.54, 1.807) is 0 Å². The minimum Gasteiger partial charge on any atom is -0.284 e. The van der Waals surface area contributed by atoms with E-state index in [-0.39, 0.29) is 18.0 Å². The number of nitrogens with one attached hydrogen (secondary N) is 2.